The quantitative estimate of drug-likeness (QED) is 0.372. The van der Waals surface area contributed by atoms with Gasteiger partial charge in [0.2, 0.25) is 24.2 Å². The van der Waals surface area contributed by atoms with Crippen molar-refractivity contribution in [1.82, 2.24) is 34.5 Å². The van der Waals surface area contributed by atoms with Gasteiger partial charge in [-0.15, -0.1) is 10.2 Å². The van der Waals surface area contributed by atoms with E-state index < -0.39 is 30.8 Å². The van der Waals surface area contributed by atoms with Crippen molar-refractivity contribution in [2.75, 3.05) is 25.5 Å². The van der Waals surface area contributed by atoms with E-state index in [4.69, 9.17) is 4.74 Å². The molecule has 14 heteroatoms. The van der Waals surface area contributed by atoms with Crippen LogP contribution >= 0.6 is 0 Å². The largest absolute Gasteiger partial charge is 0.479 e. The number of ether oxygens (including phenoxy) is 1. The molecule has 1 saturated heterocycles. The summed E-state index contributed by atoms with van der Waals surface area (Å²) >= 11 is 0. The maximum atomic E-state index is 14.7. The lowest BCUT2D eigenvalue weighted by atomic mass is 10.0. The topological polar surface area (TPSA) is 102 Å². The summed E-state index contributed by atoms with van der Waals surface area (Å²) < 4.78 is 63.2. The second-order valence-electron chi connectivity index (χ2n) is 8.85. The molecule has 1 N–H and O–H groups in total. The van der Waals surface area contributed by atoms with E-state index in [0.29, 0.717) is 22.1 Å². The van der Waals surface area contributed by atoms with Crippen molar-refractivity contribution in [1.29, 1.82) is 0 Å². The highest BCUT2D eigenvalue weighted by Crippen LogP contribution is 2.34. The Kier molecular flexibility index (Phi) is 6.33. The average molecular weight is 520 g/mol. The van der Waals surface area contributed by atoms with Crippen molar-refractivity contribution in [3.8, 4) is 17.0 Å². The molecule has 1 aliphatic rings. The van der Waals surface area contributed by atoms with Crippen LogP contribution in [0.4, 0.5) is 23.5 Å². The summed E-state index contributed by atoms with van der Waals surface area (Å²) in [4.78, 5) is 17.0. The standard InChI is InChI=1S/C23H24F4N8O2/c1-13(36)33-8-6-18(23(26,27)12-33)28-22-29-21(37-2)20-15(5-9-35(20)31-22)14-3-4-16-17(11-14)34(32-30-16)10-7-19(24)25/h3-5,9,11,18-19H,6-8,10,12H2,1-2H3,(H,28,31)/t18-/m1/s1. The molecule has 0 spiro atoms. The number of nitrogens with one attached hydrogen (secondary N) is 1. The lowest BCUT2D eigenvalue weighted by Crippen LogP contribution is -2.55. The number of carbonyl (C=O) groups excluding carboxylic acids is 1. The zero-order chi connectivity index (χ0) is 26.3. The molecular formula is C23H24F4N8O2. The molecule has 0 saturated carbocycles. The minimum absolute atomic E-state index is 0.0194. The molecule has 4 heterocycles. The fourth-order valence-electron chi connectivity index (χ4n) is 4.49. The normalized spacial score (nSPS) is 17.6. The highest BCUT2D eigenvalue weighted by atomic mass is 19.3. The van der Waals surface area contributed by atoms with Crippen molar-refractivity contribution in [2.45, 2.75) is 44.7 Å². The van der Waals surface area contributed by atoms with Gasteiger partial charge in [0.1, 0.15) is 11.0 Å². The molecule has 3 aromatic heterocycles. The second kappa shape index (κ2) is 9.48. The molecule has 0 aliphatic carbocycles. The number of hydrogen-bond donors (Lipinski definition) is 1. The first-order valence-corrected chi connectivity index (χ1v) is 11.6. The molecule has 4 aromatic rings. The van der Waals surface area contributed by atoms with Crippen molar-refractivity contribution < 1.29 is 27.1 Å². The summed E-state index contributed by atoms with van der Waals surface area (Å²) in [5.41, 5.74) is 3.06. The zero-order valence-electron chi connectivity index (χ0n) is 20.0. The first kappa shape index (κ1) is 24.7. The van der Waals surface area contributed by atoms with E-state index in [9.17, 15) is 22.4 Å². The number of rotatable bonds is 7. The summed E-state index contributed by atoms with van der Waals surface area (Å²) in [7, 11) is 1.41. The van der Waals surface area contributed by atoms with Crippen molar-refractivity contribution in [3.63, 3.8) is 0 Å². The van der Waals surface area contributed by atoms with Gasteiger partial charge in [0.15, 0.2) is 0 Å². The molecule has 1 fully saturated rings. The second-order valence-corrected chi connectivity index (χ2v) is 8.85. The van der Waals surface area contributed by atoms with Crippen molar-refractivity contribution >= 4 is 28.4 Å². The van der Waals surface area contributed by atoms with E-state index in [2.05, 4.69) is 25.7 Å². The van der Waals surface area contributed by atoms with Gasteiger partial charge >= 0.3 is 0 Å². The van der Waals surface area contributed by atoms with Gasteiger partial charge < -0.3 is 15.0 Å². The predicted octanol–water partition coefficient (Wildman–Crippen LogP) is 3.47. The number of piperidine rings is 1. The Morgan fingerprint density at radius 2 is 2.11 bits per heavy atom. The van der Waals surface area contributed by atoms with Crippen LogP contribution in [0.25, 0.3) is 27.7 Å². The molecule has 196 valence electrons. The fraction of sp³-hybridized carbons (Fsp3) is 0.435. The number of aromatic nitrogens is 6. The van der Waals surface area contributed by atoms with Gasteiger partial charge in [-0.05, 0) is 30.2 Å². The Labute approximate surface area is 208 Å². The van der Waals surface area contributed by atoms with E-state index in [1.165, 1.54) is 23.2 Å². The van der Waals surface area contributed by atoms with Gasteiger partial charge in [-0.1, -0.05) is 11.3 Å². The minimum atomic E-state index is -3.17. The number of likely N-dealkylation sites (tertiary alicyclic amines) is 1. The van der Waals surface area contributed by atoms with Crippen LogP contribution < -0.4 is 10.1 Å². The Balaban J connectivity index is 1.46. The van der Waals surface area contributed by atoms with Gasteiger partial charge in [0.25, 0.3) is 5.92 Å². The van der Waals surface area contributed by atoms with Crippen LogP contribution in [-0.4, -0.2) is 79.0 Å². The van der Waals surface area contributed by atoms with E-state index >= 15 is 0 Å². The summed E-state index contributed by atoms with van der Waals surface area (Å²) in [6.07, 6.45) is -1.13. The Hall–Kier alpha value is -3.97. The number of amides is 1. The van der Waals surface area contributed by atoms with Crippen LogP contribution in [-0.2, 0) is 11.3 Å². The van der Waals surface area contributed by atoms with Gasteiger partial charge in [-0.3, -0.25) is 4.79 Å². The summed E-state index contributed by atoms with van der Waals surface area (Å²) in [5.74, 6) is -3.46. The third-order valence-electron chi connectivity index (χ3n) is 6.40. The third kappa shape index (κ3) is 4.74. The number of aryl methyl sites for hydroxylation is 1. The average Bonchev–Trinajstić information content (AvgIpc) is 3.46. The number of alkyl halides is 4. The monoisotopic (exact) mass is 520 g/mol. The van der Waals surface area contributed by atoms with Crippen LogP contribution in [0.1, 0.15) is 19.8 Å². The molecule has 0 radical (unpaired) electrons. The van der Waals surface area contributed by atoms with Crippen LogP contribution in [0.5, 0.6) is 5.88 Å². The Morgan fingerprint density at radius 1 is 1.30 bits per heavy atom. The summed E-state index contributed by atoms with van der Waals surface area (Å²) in [6.45, 7) is 0.797. The number of methoxy groups -OCH3 is 1. The molecule has 10 nitrogen and oxygen atoms in total. The fourth-order valence-corrected chi connectivity index (χ4v) is 4.49. The molecule has 0 bridgehead atoms. The lowest BCUT2D eigenvalue weighted by Gasteiger charge is -2.38. The zero-order valence-corrected chi connectivity index (χ0v) is 20.0. The number of fused-ring (bicyclic) bond motifs is 2. The van der Waals surface area contributed by atoms with Crippen LogP contribution in [0.3, 0.4) is 0 Å². The number of carbonyl (C=O) groups is 1. The van der Waals surface area contributed by atoms with E-state index in [0.717, 1.165) is 10.5 Å². The minimum Gasteiger partial charge on any atom is -0.479 e. The highest BCUT2D eigenvalue weighted by Gasteiger charge is 2.45. The Morgan fingerprint density at radius 3 is 2.81 bits per heavy atom. The number of hydrogen-bond acceptors (Lipinski definition) is 7. The van der Waals surface area contributed by atoms with Crippen LogP contribution in [0.15, 0.2) is 30.5 Å². The van der Waals surface area contributed by atoms with Gasteiger partial charge in [0.05, 0.1) is 25.2 Å². The first-order chi connectivity index (χ1) is 17.7. The van der Waals surface area contributed by atoms with Gasteiger partial charge in [-0.25, -0.2) is 26.8 Å². The van der Waals surface area contributed by atoms with E-state index in [-0.39, 0.29) is 37.8 Å². The third-order valence-corrected chi connectivity index (χ3v) is 6.40. The molecule has 0 unspecified atom stereocenters. The van der Waals surface area contributed by atoms with Crippen LogP contribution in [0.2, 0.25) is 0 Å². The molecule has 1 atom stereocenters. The highest BCUT2D eigenvalue weighted by molar-refractivity contribution is 5.89. The molecule has 1 amide bonds. The first-order valence-electron chi connectivity index (χ1n) is 11.6. The Bertz CT molecular complexity index is 1450. The SMILES string of the molecule is COc1nc(N[C@@H]2CCN(C(C)=O)CC2(F)F)nn2ccc(-c3ccc4nnn(CCC(F)F)c4c3)c12. The summed E-state index contributed by atoms with van der Waals surface area (Å²) in [5, 5.41) is 15.1. The van der Waals surface area contributed by atoms with Crippen molar-refractivity contribution in [3.05, 3.63) is 30.5 Å². The lowest BCUT2D eigenvalue weighted by molar-refractivity contribution is -0.140. The molecular weight excluding hydrogens is 496 g/mol. The maximum Gasteiger partial charge on any atom is 0.285 e. The van der Waals surface area contributed by atoms with Crippen LogP contribution in [0, 0.1) is 0 Å². The molecule has 1 aliphatic heterocycles. The van der Waals surface area contributed by atoms with Gasteiger partial charge in [-0.2, -0.15) is 4.98 Å². The van der Waals surface area contributed by atoms with Gasteiger partial charge in [0, 0.05) is 38.2 Å². The number of nitrogens with zero attached hydrogens (tertiary/aromatic N) is 7. The molecule has 1 aromatic carbocycles. The number of anilines is 1. The molecule has 5 rings (SSSR count). The van der Waals surface area contributed by atoms with Crippen molar-refractivity contribution in [2.24, 2.45) is 0 Å². The number of benzene rings is 1. The molecule has 37 heavy (non-hydrogen) atoms. The summed E-state index contributed by atoms with van der Waals surface area (Å²) in [6, 6.07) is 5.83. The smallest absolute Gasteiger partial charge is 0.285 e. The number of halogens is 4. The van der Waals surface area contributed by atoms with E-state index in [1.807, 2.05) is 0 Å². The predicted molar refractivity (Wildman–Crippen MR) is 126 cm³/mol. The maximum absolute atomic E-state index is 14.7. The van der Waals surface area contributed by atoms with E-state index in [1.54, 1.807) is 30.5 Å².